The number of pyridine rings is 1. The van der Waals surface area contributed by atoms with Gasteiger partial charge < -0.3 is 19.1 Å². The second-order valence-corrected chi connectivity index (χ2v) is 11.8. The Hall–Kier alpha value is -3.94. The van der Waals surface area contributed by atoms with Crippen molar-refractivity contribution in [2.75, 3.05) is 58.0 Å². The standard InChI is InChI=1S/C37H43N3O4/c1-3-4-21-44-37(41)29-15-17-40(18-16-29)36-25-34(38-35-24-31(42-2)13-14-33(35)36)28-11-9-27(10-12-28)32-8-6-5-7-30(32)26-39-19-22-43-23-20-39/h5-14,24-25,29H,3-4,15-23,26H2,1-2H3. The van der Waals surface area contributed by atoms with Crippen LogP contribution in [0.3, 0.4) is 0 Å². The topological polar surface area (TPSA) is 64.1 Å². The van der Waals surface area contributed by atoms with E-state index in [1.807, 2.05) is 12.1 Å². The number of anilines is 1. The molecular formula is C37H43N3O4. The number of rotatable bonds is 10. The van der Waals surface area contributed by atoms with Crippen LogP contribution in [0.25, 0.3) is 33.3 Å². The van der Waals surface area contributed by atoms with Crippen molar-refractivity contribution in [3.63, 3.8) is 0 Å². The summed E-state index contributed by atoms with van der Waals surface area (Å²) in [6.45, 7) is 8.69. The summed E-state index contributed by atoms with van der Waals surface area (Å²) in [5.74, 6) is 0.706. The fraction of sp³-hybridized carbons (Fsp3) is 0.405. The number of hydrogen-bond donors (Lipinski definition) is 0. The number of hydrogen-bond acceptors (Lipinski definition) is 7. The molecule has 6 rings (SSSR count). The number of carbonyl (C=O) groups excluding carboxylic acids is 1. The summed E-state index contributed by atoms with van der Waals surface area (Å²) < 4.78 is 16.6. The first-order chi connectivity index (χ1) is 21.6. The SMILES string of the molecule is CCCCOC(=O)C1CCN(c2cc(-c3ccc(-c4ccccc4CN4CCOCC4)cc3)nc3cc(OC)ccc23)CC1. The van der Waals surface area contributed by atoms with Gasteiger partial charge in [0.2, 0.25) is 0 Å². The van der Waals surface area contributed by atoms with Crippen molar-refractivity contribution in [3.8, 4) is 28.1 Å². The predicted octanol–water partition coefficient (Wildman–Crippen LogP) is 6.97. The molecule has 2 saturated heterocycles. The summed E-state index contributed by atoms with van der Waals surface area (Å²) in [5, 5.41) is 1.09. The maximum Gasteiger partial charge on any atom is 0.309 e. The number of carbonyl (C=O) groups is 1. The zero-order valence-corrected chi connectivity index (χ0v) is 26.0. The molecule has 2 aliphatic heterocycles. The normalized spacial score (nSPS) is 16.3. The number of piperidine rings is 1. The zero-order valence-electron chi connectivity index (χ0n) is 26.0. The molecule has 7 heteroatoms. The first kappa shape index (κ1) is 30.1. The van der Waals surface area contributed by atoms with Crippen LogP contribution in [-0.4, -0.2) is 69.0 Å². The molecule has 7 nitrogen and oxygen atoms in total. The van der Waals surface area contributed by atoms with Crippen LogP contribution >= 0.6 is 0 Å². The number of fused-ring (bicyclic) bond motifs is 1. The van der Waals surface area contributed by atoms with Gasteiger partial charge in [-0.1, -0.05) is 61.9 Å². The molecule has 230 valence electrons. The highest BCUT2D eigenvalue weighted by Crippen LogP contribution is 2.36. The largest absolute Gasteiger partial charge is 0.497 e. The highest BCUT2D eigenvalue weighted by molar-refractivity contribution is 5.95. The van der Waals surface area contributed by atoms with Crippen molar-refractivity contribution in [2.24, 2.45) is 5.92 Å². The third kappa shape index (κ3) is 6.90. The van der Waals surface area contributed by atoms with Crippen LogP contribution in [0.4, 0.5) is 5.69 Å². The van der Waals surface area contributed by atoms with E-state index in [4.69, 9.17) is 19.2 Å². The van der Waals surface area contributed by atoms with Crippen molar-refractivity contribution < 1.29 is 19.0 Å². The number of unbranched alkanes of at least 4 members (excludes halogenated alkanes) is 1. The fourth-order valence-electron chi connectivity index (χ4n) is 6.28. The van der Waals surface area contributed by atoms with Gasteiger partial charge in [0.05, 0.1) is 44.1 Å². The minimum atomic E-state index is -0.0466. The lowest BCUT2D eigenvalue weighted by Gasteiger charge is -2.33. The second kappa shape index (κ2) is 14.2. The monoisotopic (exact) mass is 593 g/mol. The van der Waals surface area contributed by atoms with E-state index < -0.39 is 0 Å². The molecule has 1 aromatic heterocycles. The van der Waals surface area contributed by atoms with Gasteiger partial charge in [-0.15, -0.1) is 0 Å². The Bertz CT molecular complexity index is 1560. The zero-order chi connectivity index (χ0) is 30.3. The lowest BCUT2D eigenvalue weighted by molar-refractivity contribution is -0.149. The molecule has 2 aliphatic rings. The van der Waals surface area contributed by atoms with E-state index in [-0.39, 0.29) is 11.9 Å². The quantitative estimate of drug-likeness (QED) is 0.145. The van der Waals surface area contributed by atoms with E-state index in [2.05, 4.69) is 77.4 Å². The summed E-state index contributed by atoms with van der Waals surface area (Å²) >= 11 is 0. The van der Waals surface area contributed by atoms with Gasteiger partial charge in [0.1, 0.15) is 5.75 Å². The van der Waals surface area contributed by atoms with Crippen LogP contribution in [0.15, 0.2) is 72.8 Å². The van der Waals surface area contributed by atoms with E-state index in [1.54, 1.807) is 7.11 Å². The van der Waals surface area contributed by atoms with Gasteiger partial charge in [0.25, 0.3) is 0 Å². The number of methoxy groups -OCH3 is 1. The maximum atomic E-state index is 12.6. The number of nitrogens with zero attached hydrogens (tertiary/aromatic N) is 3. The minimum absolute atomic E-state index is 0.0329. The summed E-state index contributed by atoms with van der Waals surface area (Å²) in [6, 6.07) is 25.8. The minimum Gasteiger partial charge on any atom is -0.497 e. The van der Waals surface area contributed by atoms with Crippen molar-refractivity contribution >= 4 is 22.6 Å². The Balaban J connectivity index is 1.26. The number of aromatic nitrogens is 1. The molecular weight excluding hydrogens is 550 g/mol. The summed E-state index contributed by atoms with van der Waals surface area (Å²) in [6.07, 6.45) is 3.53. The lowest BCUT2D eigenvalue weighted by Crippen LogP contribution is -2.37. The first-order valence-electron chi connectivity index (χ1n) is 16.0. The molecule has 3 aromatic carbocycles. The van der Waals surface area contributed by atoms with Crippen LogP contribution in [0.5, 0.6) is 5.75 Å². The van der Waals surface area contributed by atoms with Gasteiger partial charge in [-0.3, -0.25) is 9.69 Å². The van der Waals surface area contributed by atoms with E-state index in [1.165, 1.54) is 16.7 Å². The van der Waals surface area contributed by atoms with Crippen LogP contribution < -0.4 is 9.64 Å². The molecule has 0 saturated carbocycles. The molecule has 0 unspecified atom stereocenters. The third-order valence-electron chi connectivity index (χ3n) is 8.91. The maximum absolute atomic E-state index is 12.6. The van der Waals surface area contributed by atoms with E-state index in [0.29, 0.717) is 6.61 Å². The number of morpholine rings is 1. The summed E-state index contributed by atoms with van der Waals surface area (Å²) in [5.41, 5.74) is 7.84. The molecule has 0 amide bonds. The Morgan fingerprint density at radius 2 is 1.68 bits per heavy atom. The fourth-order valence-corrected chi connectivity index (χ4v) is 6.28. The van der Waals surface area contributed by atoms with Crippen molar-refractivity contribution in [1.29, 1.82) is 0 Å². The molecule has 0 radical (unpaired) electrons. The Morgan fingerprint density at radius 1 is 0.932 bits per heavy atom. The summed E-state index contributed by atoms with van der Waals surface area (Å²) in [4.78, 5) is 22.6. The van der Waals surface area contributed by atoms with Gasteiger partial charge in [-0.25, -0.2) is 4.98 Å². The van der Waals surface area contributed by atoms with Crippen molar-refractivity contribution in [2.45, 2.75) is 39.2 Å². The van der Waals surface area contributed by atoms with E-state index in [9.17, 15) is 4.79 Å². The third-order valence-corrected chi connectivity index (χ3v) is 8.91. The Labute approximate surface area is 260 Å². The number of esters is 1. The predicted molar refractivity (Wildman–Crippen MR) is 176 cm³/mol. The molecule has 0 atom stereocenters. The van der Waals surface area contributed by atoms with E-state index in [0.717, 1.165) is 105 Å². The average Bonchev–Trinajstić information content (AvgIpc) is 3.08. The van der Waals surface area contributed by atoms with Crippen LogP contribution in [0, 0.1) is 5.92 Å². The number of benzene rings is 3. The first-order valence-corrected chi connectivity index (χ1v) is 16.0. The highest BCUT2D eigenvalue weighted by Gasteiger charge is 2.27. The Morgan fingerprint density at radius 3 is 2.43 bits per heavy atom. The molecule has 0 bridgehead atoms. The summed E-state index contributed by atoms with van der Waals surface area (Å²) in [7, 11) is 1.69. The van der Waals surface area contributed by atoms with Crippen LogP contribution in [-0.2, 0) is 20.8 Å². The smallest absolute Gasteiger partial charge is 0.309 e. The highest BCUT2D eigenvalue weighted by atomic mass is 16.5. The van der Waals surface area contributed by atoms with Gasteiger partial charge in [0, 0.05) is 55.4 Å². The van der Waals surface area contributed by atoms with E-state index >= 15 is 0 Å². The van der Waals surface area contributed by atoms with Crippen molar-refractivity contribution in [1.82, 2.24) is 9.88 Å². The number of ether oxygens (including phenoxy) is 3. The molecule has 44 heavy (non-hydrogen) atoms. The lowest BCUT2D eigenvalue weighted by atomic mass is 9.95. The van der Waals surface area contributed by atoms with Crippen molar-refractivity contribution in [3.05, 3.63) is 78.4 Å². The molecule has 0 N–H and O–H groups in total. The van der Waals surface area contributed by atoms with Gasteiger partial charge in [-0.05, 0) is 54.2 Å². The van der Waals surface area contributed by atoms with Gasteiger partial charge in [-0.2, -0.15) is 0 Å². The van der Waals surface area contributed by atoms with Crippen LogP contribution in [0.1, 0.15) is 38.2 Å². The molecule has 3 heterocycles. The van der Waals surface area contributed by atoms with Gasteiger partial charge in [0.15, 0.2) is 0 Å². The van der Waals surface area contributed by atoms with Crippen LogP contribution in [0.2, 0.25) is 0 Å². The Kier molecular flexibility index (Phi) is 9.73. The molecule has 0 aliphatic carbocycles. The molecule has 2 fully saturated rings. The molecule has 4 aromatic rings. The molecule has 0 spiro atoms. The second-order valence-electron chi connectivity index (χ2n) is 11.8. The van der Waals surface area contributed by atoms with Gasteiger partial charge >= 0.3 is 5.97 Å². The average molecular weight is 594 g/mol.